The van der Waals surface area contributed by atoms with Crippen molar-refractivity contribution in [3.05, 3.63) is 64.7 Å². The predicted octanol–water partition coefficient (Wildman–Crippen LogP) is 2.85. The zero-order valence-electron chi connectivity index (χ0n) is 9.69. The molecule has 92 valence electrons. The van der Waals surface area contributed by atoms with Gasteiger partial charge in [-0.1, -0.05) is 35.9 Å². The number of amides is 1. The maximum Gasteiger partial charge on any atom is 0.253 e. The molecule has 2 aromatic carbocycles. The zero-order chi connectivity index (χ0) is 13.0. The number of rotatable bonds is 3. The van der Waals surface area contributed by atoms with E-state index in [0.29, 0.717) is 22.8 Å². The van der Waals surface area contributed by atoms with Gasteiger partial charge in [-0.05, 0) is 29.8 Å². The molecule has 3 N–H and O–H groups in total. The molecular weight excluding hydrogens is 248 g/mol. The van der Waals surface area contributed by atoms with Gasteiger partial charge < -0.3 is 11.1 Å². The fourth-order valence-corrected chi connectivity index (χ4v) is 1.84. The van der Waals surface area contributed by atoms with E-state index in [1.165, 1.54) is 0 Å². The van der Waals surface area contributed by atoms with Crippen LogP contribution in [0.15, 0.2) is 48.5 Å². The minimum absolute atomic E-state index is 0.187. The Labute approximate surface area is 111 Å². The Balaban J connectivity index is 2.03. The molecule has 0 saturated carbocycles. The predicted molar refractivity (Wildman–Crippen MR) is 73.5 cm³/mol. The number of nitrogens with two attached hydrogens (primary N) is 1. The quantitative estimate of drug-likeness (QED) is 0.834. The van der Waals surface area contributed by atoms with Crippen molar-refractivity contribution < 1.29 is 4.79 Å². The summed E-state index contributed by atoms with van der Waals surface area (Å²) in [6, 6.07) is 14.3. The third kappa shape index (κ3) is 3.02. The monoisotopic (exact) mass is 260 g/mol. The molecule has 0 unspecified atom stereocenters. The van der Waals surface area contributed by atoms with Crippen molar-refractivity contribution >= 4 is 23.2 Å². The molecule has 0 aliphatic heterocycles. The Morgan fingerprint density at radius 1 is 1.17 bits per heavy atom. The second-order valence-corrected chi connectivity index (χ2v) is 4.34. The fraction of sp³-hybridized carbons (Fsp3) is 0.0714. The van der Waals surface area contributed by atoms with Gasteiger partial charge in [-0.2, -0.15) is 0 Å². The van der Waals surface area contributed by atoms with Crippen LogP contribution in [-0.4, -0.2) is 5.91 Å². The van der Waals surface area contributed by atoms with E-state index in [-0.39, 0.29) is 5.91 Å². The van der Waals surface area contributed by atoms with Crippen LogP contribution in [0.5, 0.6) is 0 Å². The summed E-state index contributed by atoms with van der Waals surface area (Å²) in [5.74, 6) is -0.187. The first-order chi connectivity index (χ1) is 8.66. The molecule has 0 heterocycles. The molecule has 0 radical (unpaired) electrons. The summed E-state index contributed by atoms with van der Waals surface area (Å²) in [5.41, 5.74) is 7.64. The van der Waals surface area contributed by atoms with Crippen LogP contribution in [0.2, 0.25) is 5.02 Å². The van der Waals surface area contributed by atoms with Gasteiger partial charge in [-0.15, -0.1) is 0 Å². The number of benzene rings is 2. The van der Waals surface area contributed by atoms with E-state index in [0.717, 1.165) is 5.56 Å². The minimum Gasteiger partial charge on any atom is -0.398 e. The average Bonchev–Trinajstić information content (AvgIpc) is 2.37. The van der Waals surface area contributed by atoms with Crippen LogP contribution in [-0.2, 0) is 6.54 Å². The number of nitrogens with one attached hydrogen (secondary N) is 1. The second kappa shape index (κ2) is 5.56. The smallest absolute Gasteiger partial charge is 0.253 e. The molecule has 0 spiro atoms. The summed E-state index contributed by atoms with van der Waals surface area (Å²) in [6.45, 7) is 0.424. The lowest BCUT2D eigenvalue weighted by Gasteiger charge is -2.07. The number of carbonyl (C=O) groups is 1. The Morgan fingerprint density at radius 3 is 2.67 bits per heavy atom. The number of anilines is 1. The fourth-order valence-electron chi connectivity index (χ4n) is 1.63. The molecular formula is C14H13ClN2O. The van der Waals surface area contributed by atoms with Crippen LogP contribution < -0.4 is 11.1 Å². The first-order valence-electron chi connectivity index (χ1n) is 5.54. The van der Waals surface area contributed by atoms with Crippen LogP contribution in [0, 0.1) is 0 Å². The maximum atomic E-state index is 11.9. The van der Waals surface area contributed by atoms with Crippen LogP contribution >= 0.6 is 11.6 Å². The molecule has 18 heavy (non-hydrogen) atoms. The SMILES string of the molecule is Nc1ccccc1C(=O)NCc1cccc(Cl)c1. The first kappa shape index (κ1) is 12.5. The van der Waals surface area contributed by atoms with E-state index in [9.17, 15) is 4.79 Å². The molecule has 0 atom stereocenters. The van der Waals surface area contributed by atoms with Gasteiger partial charge in [-0.3, -0.25) is 4.79 Å². The molecule has 0 saturated heterocycles. The van der Waals surface area contributed by atoms with Gasteiger partial charge in [0.05, 0.1) is 5.56 Å². The van der Waals surface area contributed by atoms with Crippen molar-refractivity contribution in [3.8, 4) is 0 Å². The molecule has 0 aliphatic rings. The Bertz CT molecular complexity index is 569. The normalized spacial score (nSPS) is 10.1. The maximum absolute atomic E-state index is 11.9. The highest BCUT2D eigenvalue weighted by Crippen LogP contribution is 2.12. The minimum atomic E-state index is -0.187. The highest BCUT2D eigenvalue weighted by Gasteiger charge is 2.07. The third-order valence-electron chi connectivity index (χ3n) is 2.55. The van der Waals surface area contributed by atoms with E-state index >= 15 is 0 Å². The van der Waals surface area contributed by atoms with Crippen LogP contribution in [0.4, 0.5) is 5.69 Å². The molecule has 1 amide bonds. The van der Waals surface area contributed by atoms with Gasteiger partial charge in [0.2, 0.25) is 0 Å². The number of hydrogen-bond acceptors (Lipinski definition) is 2. The Hall–Kier alpha value is -2.00. The number of carbonyl (C=O) groups excluding carboxylic acids is 1. The van der Waals surface area contributed by atoms with Crippen molar-refractivity contribution in [2.24, 2.45) is 0 Å². The second-order valence-electron chi connectivity index (χ2n) is 3.90. The number of hydrogen-bond donors (Lipinski definition) is 2. The van der Waals surface area contributed by atoms with Gasteiger partial charge in [0, 0.05) is 17.3 Å². The molecule has 0 bridgehead atoms. The van der Waals surface area contributed by atoms with Crippen LogP contribution in [0.3, 0.4) is 0 Å². The van der Waals surface area contributed by atoms with Crippen molar-refractivity contribution in [2.75, 3.05) is 5.73 Å². The van der Waals surface area contributed by atoms with Crippen molar-refractivity contribution in [1.82, 2.24) is 5.32 Å². The van der Waals surface area contributed by atoms with E-state index in [1.807, 2.05) is 18.2 Å². The van der Waals surface area contributed by atoms with Gasteiger partial charge >= 0.3 is 0 Å². The van der Waals surface area contributed by atoms with Crippen molar-refractivity contribution in [2.45, 2.75) is 6.54 Å². The molecule has 3 nitrogen and oxygen atoms in total. The molecule has 0 fully saturated rings. The van der Waals surface area contributed by atoms with Gasteiger partial charge in [0.25, 0.3) is 5.91 Å². The molecule has 4 heteroatoms. The van der Waals surface area contributed by atoms with Crippen LogP contribution in [0.1, 0.15) is 15.9 Å². The summed E-state index contributed by atoms with van der Waals surface area (Å²) in [7, 11) is 0. The van der Waals surface area contributed by atoms with Gasteiger partial charge in [0.15, 0.2) is 0 Å². The Morgan fingerprint density at radius 2 is 1.94 bits per heavy atom. The van der Waals surface area contributed by atoms with E-state index in [4.69, 9.17) is 17.3 Å². The summed E-state index contributed by atoms with van der Waals surface area (Å²) in [6.07, 6.45) is 0. The lowest BCUT2D eigenvalue weighted by molar-refractivity contribution is 0.0952. The Kier molecular flexibility index (Phi) is 3.85. The number of para-hydroxylation sites is 1. The van der Waals surface area contributed by atoms with Gasteiger partial charge in [-0.25, -0.2) is 0 Å². The summed E-state index contributed by atoms with van der Waals surface area (Å²) in [5, 5.41) is 3.46. The summed E-state index contributed by atoms with van der Waals surface area (Å²) in [4.78, 5) is 11.9. The van der Waals surface area contributed by atoms with E-state index in [2.05, 4.69) is 5.32 Å². The van der Waals surface area contributed by atoms with Crippen molar-refractivity contribution in [3.63, 3.8) is 0 Å². The highest BCUT2D eigenvalue weighted by molar-refractivity contribution is 6.30. The van der Waals surface area contributed by atoms with E-state index in [1.54, 1.807) is 30.3 Å². The number of halogens is 1. The molecule has 0 aromatic heterocycles. The molecule has 2 rings (SSSR count). The highest BCUT2D eigenvalue weighted by atomic mass is 35.5. The molecule has 2 aromatic rings. The zero-order valence-corrected chi connectivity index (χ0v) is 10.4. The topological polar surface area (TPSA) is 55.1 Å². The number of nitrogen functional groups attached to an aromatic ring is 1. The largest absolute Gasteiger partial charge is 0.398 e. The standard InChI is InChI=1S/C14H13ClN2O/c15-11-5-3-4-10(8-11)9-17-14(18)12-6-1-2-7-13(12)16/h1-8H,9,16H2,(H,17,18). The summed E-state index contributed by atoms with van der Waals surface area (Å²) < 4.78 is 0. The van der Waals surface area contributed by atoms with Crippen molar-refractivity contribution in [1.29, 1.82) is 0 Å². The lowest BCUT2D eigenvalue weighted by Crippen LogP contribution is -2.23. The molecule has 0 aliphatic carbocycles. The third-order valence-corrected chi connectivity index (χ3v) is 2.78. The van der Waals surface area contributed by atoms with Crippen LogP contribution in [0.25, 0.3) is 0 Å². The average molecular weight is 261 g/mol. The lowest BCUT2D eigenvalue weighted by atomic mass is 10.1. The first-order valence-corrected chi connectivity index (χ1v) is 5.92. The van der Waals surface area contributed by atoms with E-state index < -0.39 is 0 Å². The summed E-state index contributed by atoms with van der Waals surface area (Å²) >= 11 is 5.87. The van der Waals surface area contributed by atoms with Gasteiger partial charge in [0.1, 0.15) is 0 Å².